The van der Waals surface area contributed by atoms with Crippen LogP contribution in [0.15, 0.2) is 36.4 Å². The molecule has 0 spiro atoms. The van der Waals surface area contributed by atoms with Crippen molar-refractivity contribution in [2.75, 3.05) is 17.3 Å². The lowest BCUT2D eigenvalue weighted by Crippen LogP contribution is -2.42. The highest BCUT2D eigenvalue weighted by Crippen LogP contribution is 2.34. The first-order valence-electron chi connectivity index (χ1n) is 9.25. The first-order valence-corrected chi connectivity index (χ1v) is 9.25. The molecule has 0 saturated heterocycles. The summed E-state index contributed by atoms with van der Waals surface area (Å²) in [5, 5.41) is 2.86. The van der Waals surface area contributed by atoms with Crippen molar-refractivity contribution in [2.24, 2.45) is 0 Å². The highest BCUT2D eigenvalue weighted by Gasteiger charge is 2.29. The molecule has 1 atom stereocenters. The molecule has 0 aromatic heterocycles. The molecule has 0 saturated carbocycles. The lowest BCUT2D eigenvalue weighted by Gasteiger charge is -2.30. The molecule has 0 aliphatic carbocycles. The number of nitrogens with zero attached hydrogens (tertiary/aromatic N) is 1. The van der Waals surface area contributed by atoms with Gasteiger partial charge in [0.1, 0.15) is 5.75 Å². The summed E-state index contributed by atoms with van der Waals surface area (Å²) in [5.74, 6) is 0.0478. The molecule has 1 unspecified atom stereocenters. The number of ether oxygens (including phenoxy) is 1. The Morgan fingerprint density at radius 1 is 1.14 bits per heavy atom. The summed E-state index contributed by atoms with van der Waals surface area (Å²) in [7, 11) is 1.66. The summed E-state index contributed by atoms with van der Waals surface area (Å²) in [6.07, 6.45) is -0.372. The minimum absolute atomic E-state index is 0.0877. The van der Waals surface area contributed by atoms with E-state index in [2.05, 4.69) is 5.32 Å². The molecule has 28 heavy (non-hydrogen) atoms. The summed E-state index contributed by atoms with van der Waals surface area (Å²) >= 11 is 0. The highest BCUT2D eigenvalue weighted by atomic mass is 16.5. The van der Waals surface area contributed by atoms with Gasteiger partial charge in [0, 0.05) is 31.1 Å². The Bertz CT molecular complexity index is 952. The molecule has 0 fully saturated rings. The van der Waals surface area contributed by atoms with Gasteiger partial charge in [0.05, 0.1) is 5.69 Å². The number of likely N-dealkylation sites (N-methyl/N-ethyl adjacent to an activating group) is 1. The van der Waals surface area contributed by atoms with E-state index in [9.17, 15) is 14.4 Å². The number of hydrogen-bond acceptors (Lipinski definition) is 4. The van der Waals surface area contributed by atoms with Gasteiger partial charge in [-0.3, -0.25) is 14.4 Å². The van der Waals surface area contributed by atoms with Crippen LogP contribution < -0.4 is 15.0 Å². The number of Topliss-reactive ketones (excluding diaryl/α,β-unsaturated/α-hetero) is 1. The average molecular weight is 380 g/mol. The summed E-state index contributed by atoms with van der Waals surface area (Å²) in [4.78, 5) is 38.3. The Hall–Kier alpha value is -3.15. The summed E-state index contributed by atoms with van der Waals surface area (Å²) in [6.45, 7) is 5.62. The Kier molecular flexibility index (Phi) is 5.49. The van der Waals surface area contributed by atoms with Gasteiger partial charge in [0.15, 0.2) is 11.9 Å². The topological polar surface area (TPSA) is 75.7 Å². The summed E-state index contributed by atoms with van der Waals surface area (Å²) in [5.41, 5.74) is 3.89. The number of nitrogens with one attached hydrogen (secondary N) is 1. The fourth-order valence-electron chi connectivity index (χ4n) is 3.16. The van der Waals surface area contributed by atoms with Gasteiger partial charge >= 0.3 is 0 Å². The number of hydrogen-bond donors (Lipinski definition) is 1. The van der Waals surface area contributed by atoms with Crippen LogP contribution in [-0.2, 0) is 9.59 Å². The van der Waals surface area contributed by atoms with E-state index in [-0.39, 0.29) is 30.4 Å². The van der Waals surface area contributed by atoms with Gasteiger partial charge in [0.25, 0.3) is 5.91 Å². The molecule has 2 aromatic carbocycles. The van der Waals surface area contributed by atoms with Gasteiger partial charge in [-0.2, -0.15) is 0 Å². The van der Waals surface area contributed by atoms with Gasteiger partial charge in [-0.05, 0) is 56.2 Å². The monoisotopic (exact) mass is 380 g/mol. The fraction of sp³-hybridized carbons (Fsp3) is 0.318. The minimum atomic E-state index is -0.548. The van der Waals surface area contributed by atoms with Gasteiger partial charge in [-0.1, -0.05) is 12.1 Å². The third kappa shape index (κ3) is 3.91. The van der Waals surface area contributed by atoms with E-state index < -0.39 is 6.10 Å². The molecule has 1 aliphatic rings. The average Bonchev–Trinajstić information content (AvgIpc) is 2.67. The number of fused-ring (bicyclic) bond motifs is 1. The van der Waals surface area contributed by atoms with Crippen LogP contribution in [0.1, 0.15) is 41.3 Å². The van der Waals surface area contributed by atoms with E-state index in [1.807, 2.05) is 32.0 Å². The molecule has 6 heteroatoms. The van der Waals surface area contributed by atoms with Crippen LogP contribution in [0.25, 0.3) is 0 Å². The molecule has 1 aliphatic heterocycles. The van der Waals surface area contributed by atoms with Gasteiger partial charge in [0.2, 0.25) is 5.91 Å². The van der Waals surface area contributed by atoms with Crippen molar-refractivity contribution in [3.8, 4) is 5.75 Å². The van der Waals surface area contributed by atoms with E-state index in [4.69, 9.17) is 4.74 Å². The van der Waals surface area contributed by atoms with E-state index in [0.717, 1.165) is 16.8 Å². The van der Waals surface area contributed by atoms with E-state index in [1.54, 1.807) is 32.2 Å². The Balaban J connectivity index is 1.65. The quantitative estimate of drug-likeness (QED) is 0.804. The number of benzene rings is 2. The van der Waals surface area contributed by atoms with Crippen molar-refractivity contribution < 1.29 is 19.1 Å². The predicted octanol–water partition coefficient (Wildman–Crippen LogP) is 3.65. The standard InChI is InChI=1S/C22H24N2O4/c1-13-6-5-7-17(14(13)2)23-21(26)11-9-19(25)16-8-10-20-18(12-16)24(4)22(27)15(3)28-20/h5-8,10,12,15H,9,11H2,1-4H3,(H,23,26). The second-order valence-electron chi connectivity index (χ2n) is 7.06. The molecule has 1 N–H and O–H groups in total. The maximum absolute atomic E-state index is 12.5. The van der Waals surface area contributed by atoms with E-state index >= 15 is 0 Å². The molecular formula is C22H24N2O4. The molecule has 0 radical (unpaired) electrons. The lowest BCUT2D eigenvalue weighted by molar-refractivity contribution is -0.125. The second kappa shape index (κ2) is 7.84. The molecule has 6 nitrogen and oxygen atoms in total. The number of anilines is 2. The molecule has 3 rings (SSSR count). The van der Waals surface area contributed by atoms with Crippen molar-refractivity contribution in [1.29, 1.82) is 0 Å². The van der Waals surface area contributed by atoms with Gasteiger partial charge in [-0.25, -0.2) is 0 Å². The van der Waals surface area contributed by atoms with Crippen LogP contribution in [0.4, 0.5) is 11.4 Å². The van der Waals surface area contributed by atoms with E-state index in [1.165, 1.54) is 4.90 Å². The zero-order valence-corrected chi connectivity index (χ0v) is 16.5. The number of amides is 2. The zero-order chi connectivity index (χ0) is 20.4. The lowest BCUT2D eigenvalue weighted by atomic mass is 10.0. The first-order chi connectivity index (χ1) is 13.3. The number of ketones is 1. The molecule has 2 aromatic rings. The van der Waals surface area contributed by atoms with Gasteiger partial charge < -0.3 is 15.0 Å². The SMILES string of the molecule is Cc1cccc(NC(=O)CCC(=O)c2ccc3c(c2)N(C)C(=O)C(C)O3)c1C. The molecule has 1 heterocycles. The summed E-state index contributed by atoms with van der Waals surface area (Å²) in [6, 6.07) is 10.7. The third-order valence-electron chi connectivity index (χ3n) is 5.08. The number of carbonyl (C=O) groups excluding carboxylic acids is 3. The van der Waals surface area contributed by atoms with Crippen LogP contribution in [0, 0.1) is 13.8 Å². The van der Waals surface area contributed by atoms with Crippen molar-refractivity contribution >= 4 is 29.0 Å². The number of aryl methyl sites for hydroxylation is 1. The Morgan fingerprint density at radius 3 is 2.64 bits per heavy atom. The highest BCUT2D eigenvalue weighted by molar-refractivity contribution is 6.04. The summed E-state index contributed by atoms with van der Waals surface area (Å²) < 4.78 is 5.57. The Morgan fingerprint density at radius 2 is 1.89 bits per heavy atom. The van der Waals surface area contributed by atoms with Crippen LogP contribution in [-0.4, -0.2) is 30.7 Å². The first kappa shape index (κ1) is 19.6. The molecule has 2 amide bonds. The van der Waals surface area contributed by atoms with Crippen molar-refractivity contribution in [3.63, 3.8) is 0 Å². The van der Waals surface area contributed by atoms with Crippen LogP contribution >= 0.6 is 0 Å². The maximum atomic E-state index is 12.5. The second-order valence-corrected chi connectivity index (χ2v) is 7.06. The molecule has 0 bridgehead atoms. The maximum Gasteiger partial charge on any atom is 0.267 e. The fourth-order valence-corrected chi connectivity index (χ4v) is 3.16. The Labute approximate surface area is 164 Å². The van der Waals surface area contributed by atoms with Crippen molar-refractivity contribution in [2.45, 2.75) is 39.7 Å². The minimum Gasteiger partial charge on any atom is -0.479 e. The predicted molar refractivity (Wildman–Crippen MR) is 108 cm³/mol. The smallest absolute Gasteiger partial charge is 0.267 e. The van der Waals surface area contributed by atoms with Crippen LogP contribution in [0.5, 0.6) is 5.75 Å². The largest absolute Gasteiger partial charge is 0.479 e. The third-order valence-corrected chi connectivity index (χ3v) is 5.08. The number of rotatable bonds is 5. The molecular weight excluding hydrogens is 356 g/mol. The number of carbonyl (C=O) groups is 3. The van der Waals surface area contributed by atoms with Crippen LogP contribution in [0.2, 0.25) is 0 Å². The van der Waals surface area contributed by atoms with Crippen LogP contribution in [0.3, 0.4) is 0 Å². The van der Waals surface area contributed by atoms with Crippen molar-refractivity contribution in [3.05, 3.63) is 53.1 Å². The van der Waals surface area contributed by atoms with Gasteiger partial charge in [-0.15, -0.1) is 0 Å². The normalized spacial score (nSPS) is 15.6. The van der Waals surface area contributed by atoms with E-state index in [0.29, 0.717) is 17.0 Å². The van der Waals surface area contributed by atoms with Crippen molar-refractivity contribution in [1.82, 2.24) is 0 Å². The zero-order valence-electron chi connectivity index (χ0n) is 16.5. The molecule has 146 valence electrons.